The molecular weight excluding hydrogens is 464 g/mol. The maximum atomic E-state index is 13.0. The van der Waals surface area contributed by atoms with E-state index in [9.17, 15) is 14.4 Å². The van der Waals surface area contributed by atoms with E-state index in [1.165, 1.54) is 22.7 Å². The minimum absolute atomic E-state index is 0.00943. The van der Waals surface area contributed by atoms with Crippen molar-refractivity contribution in [1.82, 2.24) is 30.9 Å². The number of fused-ring (bicyclic) bond motifs is 6. The SMILES string of the molecule is Cc1nc2oc1C(=O)N[C@H](C(C)C)c1nc(cs1)C(=O)N[C@H](C)c1nc(cs1)C(=O)N[C@@H]2C. The Morgan fingerprint density at radius 2 is 1.42 bits per heavy atom. The lowest BCUT2D eigenvalue weighted by molar-refractivity contribution is 0.0892. The van der Waals surface area contributed by atoms with Crippen LogP contribution in [0, 0.1) is 12.8 Å². The number of hydrogen-bond donors (Lipinski definition) is 3. The predicted molar refractivity (Wildman–Crippen MR) is 122 cm³/mol. The summed E-state index contributed by atoms with van der Waals surface area (Å²) in [7, 11) is 0. The molecule has 0 saturated heterocycles. The van der Waals surface area contributed by atoms with Crippen LogP contribution in [0.2, 0.25) is 0 Å². The minimum atomic E-state index is -0.582. The molecule has 4 heterocycles. The van der Waals surface area contributed by atoms with Gasteiger partial charge in [-0.1, -0.05) is 13.8 Å². The number of carbonyl (C=O) groups is 3. The Bertz CT molecular complexity index is 1210. The Morgan fingerprint density at radius 3 is 2.06 bits per heavy atom. The van der Waals surface area contributed by atoms with Crippen molar-refractivity contribution in [3.05, 3.63) is 49.5 Å². The van der Waals surface area contributed by atoms with Gasteiger partial charge < -0.3 is 20.4 Å². The standard InChI is InChI=1S/C21H24N6O4S2/c1-8(2)14-21-26-13(7-33-21)17(29)23-11(5)20-25-12(6-32-20)16(28)22-10(4)19-24-9(3)15(31-19)18(30)27-14/h6-8,10-11,14H,1-5H3,(H,22,28)(H,23,29)(H,27,30)/t10-,11-,14-/m1/s1. The quantitative estimate of drug-likeness (QED) is 0.477. The first-order chi connectivity index (χ1) is 15.6. The van der Waals surface area contributed by atoms with Crippen molar-refractivity contribution >= 4 is 40.4 Å². The van der Waals surface area contributed by atoms with Crippen LogP contribution in [0.1, 0.15) is 99.0 Å². The van der Waals surface area contributed by atoms with Gasteiger partial charge in [0.05, 0.1) is 17.8 Å². The highest BCUT2D eigenvalue weighted by molar-refractivity contribution is 7.10. The molecular formula is C21H24N6O4S2. The monoisotopic (exact) mass is 488 g/mol. The average Bonchev–Trinajstić information content (AvgIpc) is 3.50. The van der Waals surface area contributed by atoms with E-state index < -0.39 is 29.9 Å². The fraction of sp³-hybridized carbons (Fsp3) is 0.429. The van der Waals surface area contributed by atoms with Crippen LogP contribution in [0.5, 0.6) is 0 Å². The number of hydrogen-bond acceptors (Lipinski definition) is 9. The van der Waals surface area contributed by atoms with Crippen molar-refractivity contribution in [1.29, 1.82) is 0 Å². The van der Waals surface area contributed by atoms with Crippen molar-refractivity contribution in [2.75, 3.05) is 0 Å². The van der Waals surface area contributed by atoms with E-state index in [1.807, 2.05) is 13.8 Å². The molecule has 3 aromatic heterocycles. The summed E-state index contributed by atoms with van der Waals surface area (Å²) in [4.78, 5) is 51.6. The van der Waals surface area contributed by atoms with E-state index in [4.69, 9.17) is 4.42 Å². The molecule has 0 saturated carbocycles. The maximum Gasteiger partial charge on any atom is 0.289 e. The van der Waals surface area contributed by atoms with E-state index in [1.54, 1.807) is 31.5 Å². The highest BCUT2D eigenvalue weighted by atomic mass is 32.1. The number of oxazole rings is 1. The van der Waals surface area contributed by atoms with Gasteiger partial charge in [0.1, 0.15) is 27.4 Å². The van der Waals surface area contributed by atoms with Crippen LogP contribution in [0.3, 0.4) is 0 Å². The number of thiazole rings is 2. The molecule has 0 radical (unpaired) electrons. The topological polar surface area (TPSA) is 139 Å². The molecule has 0 unspecified atom stereocenters. The largest absolute Gasteiger partial charge is 0.433 e. The molecule has 12 heteroatoms. The molecule has 4 rings (SSSR count). The minimum Gasteiger partial charge on any atom is -0.433 e. The van der Waals surface area contributed by atoms with Crippen molar-refractivity contribution in [3.63, 3.8) is 0 Å². The molecule has 33 heavy (non-hydrogen) atoms. The number of carbonyl (C=O) groups excluding carboxylic acids is 3. The van der Waals surface area contributed by atoms with Gasteiger partial charge in [-0.25, -0.2) is 15.0 Å². The smallest absolute Gasteiger partial charge is 0.289 e. The van der Waals surface area contributed by atoms with Gasteiger partial charge in [-0.05, 0) is 26.7 Å². The summed E-state index contributed by atoms with van der Waals surface area (Å²) in [6, 6.07) is -1.42. The molecule has 1 aliphatic heterocycles. The van der Waals surface area contributed by atoms with Crippen LogP contribution in [0.4, 0.5) is 0 Å². The number of aryl methyl sites for hydroxylation is 1. The maximum absolute atomic E-state index is 13.0. The zero-order chi connectivity index (χ0) is 23.9. The van der Waals surface area contributed by atoms with E-state index in [0.29, 0.717) is 15.7 Å². The van der Waals surface area contributed by atoms with E-state index in [-0.39, 0.29) is 34.9 Å². The first kappa shape index (κ1) is 23.1. The van der Waals surface area contributed by atoms with Crippen LogP contribution in [-0.2, 0) is 0 Å². The summed E-state index contributed by atoms with van der Waals surface area (Å²) in [5.74, 6) is -0.905. The van der Waals surface area contributed by atoms with Gasteiger partial charge in [0, 0.05) is 10.8 Å². The Morgan fingerprint density at radius 1 is 0.848 bits per heavy atom. The predicted octanol–water partition coefficient (Wildman–Crippen LogP) is 3.32. The molecule has 0 aromatic carbocycles. The molecule has 3 atom stereocenters. The van der Waals surface area contributed by atoms with Crippen molar-refractivity contribution in [2.45, 2.75) is 52.7 Å². The lowest BCUT2D eigenvalue weighted by atomic mass is 10.0. The molecule has 0 spiro atoms. The summed E-state index contributed by atoms with van der Waals surface area (Å²) in [5.41, 5.74) is 0.887. The van der Waals surface area contributed by atoms with Crippen molar-refractivity contribution in [2.24, 2.45) is 5.92 Å². The van der Waals surface area contributed by atoms with Gasteiger partial charge in [0.25, 0.3) is 17.7 Å². The highest BCUT2D eigenvalue weighted by Gasteiger charge is 2.28. The molecule has 0 aliphatic carbocycles. The lowest BCUT2D eigenvalue weighted by Gasteiger charge is -2.19. The van der Waals surface area contributed by atoms with Crippen LogP contribution < -0.4 is 16.0 Å². The Labute approximate surface area is 198 Å². The number of nitrogens with one attached hydrogen (secondary N) is 3. The number of aromatic nitrogens is 3. The third-order valence-corrected chi connectivity index (χ3v) is 7.14. The fourth-order valence-electron chi connectivity index (χ4n) is 3.32. The zero-order valence-electron chi connectivity index (χ0n) is 18.8. The Kier molecular flexibility index (Phi) is 6.30. The highest BCUT2D eigenvalue weighted by Crippen LogP contribution is 2.27. The summed E-state index contributed by atoms with van der Waals surface area (Å²) in [5, 5.41) is 13.1. The lowest BCUT2D eigenvalue weighted by Crippen LogP contribution is -2.32. The zero-order valence-corrected chi connectivity index (χ0v) is 20.4. The summed E-state index contributed by atoms with van der Waals surface area (Å²) >= 11 is 2.58. The second kappa shape index (κ2) is 9.02. The normalized spacial score (nSPS) is 21.8. The van der Waals surface area contributed by atoms with E-state index in [0.717, 1.165) is 0 Å². The van der Waals surface area contributed by atoms with Gasteiger partial charge in [-0.15, -0.1) is 22.7 Å². The van der Waals surface area contributed by atoms with Gasteiger partial charge in [-0.2, -0.15) is 0 Å². The van der Waals surface area contributed by atoms with E-state index in [2.05, 4.69) is 30.9 Å². The molecule has 3 amide bonds. The van der Waals surface area contributed by atoms with Gasteiger partial charge in [0.15, 0.2) is 0 Å². The fourth-order valence-corrected chi connectivity index (χ4v) is 5.15. The number of rotatable bonds is 1. The second-order valence-electron chi connectivity index (χ2n) is 8.19. The summed E-state index contributed by atoms with van der Waals surface area (Å²) in [6.07, 6.45) is 0. The molecule has 3 aromatic rings. The average molecular weight is 489 g/mol. The van der Waals surface area contributed by atoms with Crippen LogP contribution >= 0.6 is 22.7 Å². The van der Waals surface area contributed by atoms with E-state index >= 15 is 0 Å². The molecule has 1 aliphatic rings. The number of nitrogens with zero attached hydrogens (tertiary/aromatic N) is 3. The molecule has 6 bridgehead atoms. The van der Waals surface area contributed by atoms with Crippen LogP contribution in [0.15, 0.2) is 15.2 Å². The Hall–Kier alpha value is -3.12. The number of amides is 3. The van der Waals surface area contributed by atoms with Crippen LogP contribution in [0.25, 0.3) is 0 Å². The summed E-state index contributed by atoms with van der Waals surface area (Å²) < 4.78 is 5.73. The second-order valence-corrected chi connectivity index (χ2v) is 9.97. The molecule has 174 valence electrons. The molecule has 0 fully saturated rings. The first-order valence-electron chi connectivity index (χ1n) is 10.4. The van der Waals surface area contributed by atoms with Gasteiger partial charge in [0.2, 0.25) is 11.7 Å². The first-order valence-corrected chi connectivity index (χ1v) is 12.2. The molecule has 3 N–H and O–H groups in total. The third kappa shape index (κ3) is 4.67. The molecule has 10 nitrogen and oxygen atoms in total. The Balaban J connectivity index is 1.75. The van der Waals surface area contributed by atoms with Crippen molar-refractivity contribution in [3.8, 4) is 0 Å². The van der Waals surface area contributed by atoms with Gasteiger partial charge in [-0.3, -0.25) is 14.4 Å². The summed E-state index contributed by atoms with van der Waals surface area (Å²) in [6.45, 7) is 9.09. The van der Waals surface area contributed by atoms with Gasteiger partial charge >= 0.3 is 0 Å². The third-order valence-electron chi connectivity index (χ3n) is 5.18. The van der Waals surface area contributed by atoms with Crippen molar-refractivity contribution < 1.29 is 18.8 Å². The van der Waals surface area contributed by atoms with Crippen LogP contribution in [-0.4, -0.2) is 32.7 Å².